The number of H-pyrrole nitrogens is 1. The number of non-ortho nitro benzene ring substituents is 1. The van der Waals surface area contributed by atoms with E-state index in [0.29, 0.717) is 16.5 Å². The Hall–Kier alpha value is -2.21. The molecule has 1 atom stereocenters. The molecule has 6 heteroatoms. The first-order chi connectivity index (χ1) is 9.68. The third-order valence-corrected chi connectivity index (χ3v) is 3.77. The summed E-state index contributed by atoms with van der Waals surface area (Å²) in [7, 11) is 0. The molecular weight excluding hydrogens is 258 g/mol. The number of Topliss-reactive ketones (excluding diaryl/α,β-unsaturated/α-hetero) is 1. The van der Waals surface area contributed by atoms with Gasteiger partial charge in [0.2, 0.25) is 0 Å². The predicted molar refractivity (Wildman–Crippen MR) is 74.9 cm³/mol. The Morgan fingerprint density at radius 1 is 1.35 bits per heavy atom. The van der Waals surface area contributed by atoms with E-state index in [0.717, 1.165) is 25.8 Å². The molecule has 1 aromatic carbocycles. The van der Waals surface area contributed by atoms with E-state index in [-0.39, 0.29) is 17.5 Å². The SMILES string of the molecule is O=C(c1c[nH]c2cccc([N+](=O)[O-])c12)C1CCCCN1. The minimum atomic E-state index is -0.443. The summed E-state index contributed by atoms with van der Waals surface area (Å²) in [5.41, 5.74) is 1.01. The van der Waals surface area contributed by atoms with Crippen molar-refractivity contribution in [3.8, 4) is 0 Å². The number of nitro groups is 1. The molecule has 2 heterocycles. The number of nitrogens with zero attached hydrogens (tertiary/aromatic N) is 1. The van der Waals surface area contributed by atoms with Crippen LogP contribution < -0.4 is 5.32 Å². The highest BCUT2D eigenvalue weighted by Gasteiger charge is 2.27. The number of benzene rings is 1. The van der Waals surface area contributed by atoms with Gasteiger partial charge in [-0.2, -0.15) is 0 Å². The third kappa shape index (κ3) is 2.08. The van der Waals surface area contributed by atoms with Crippen LogP contribution in [0.2, 0.25) is 0 Å². The number of piperidine rings is 1. The predicted octanol–water partition coefficient (Wildman–Crippen LogP) is 2.40. The van der Waals surface area contributed by atoms with Crippen molar-refractivity contribution in [1.29, 1.82) is 0 Å². The quantitative estimate of drug-likeness (QED) is 0.510. The van der Waals surface area contributed by atoms with Crippen LogP contribution in [0.3, 0.4) is 0 Å². The van der Waals surface area contributed by atoms with Crippen molar-refractivity contribution in [2.45, 2.75) is 25.3 Å². The van der Waals surface area contributed by atoms with Crippen LogP contribution in [0.15, 0.2) is 24.4 Å². The summed E-state index contributed by atoms with van der Waals surface area (Å²) < 4.78 is 0. The molecule has 1 unspecified atom stereocenters. The maximum Gasteiger partial charge on any atom is 0.279 e. The molecule has 6 nitrogen and oxygen atoms in total. The molecule has 1 aliphatic rings. The van der Waals surface area contributed by atoms with Crippen LogP contribution in [0.25, 0.3) is 10.9 Å². The van der Waals surface area contributed by atoms with E-state index in [1.807, 2.05) is 0 Å². The lowest BCUT2D eigenvalue weighted by atomic mass is 9.96. The number of nitrogens with one attached hydrogen (secondary N) is 2. The Kier molecular flexibility index (Phi) is 3.23. The van der Waals surface area contributed by atoms with Crippen molar-refractivity contribution in [3.63, 3.8) is 0 Å². The van der Waals surface area contributed by atoms with E-state index in [1.165, 1.54) is 6.07 Å². The molecule has 2 aromatic rings. The second-order valence-corrected chi connectivity index (χ2v) is 5.03. The number of hydrogen-bond acceptors (Lipinski definition) is 4. The monoisotopic (exact) mass is 273 g/mol. The van der Waals surface area contributed by atoms with Crippen molar-refractivity contribution in [2.75, 3.05) is 6.54 Å². The third-order valence-electron chi connectivity index (χ3n) is 3.77. The second kappa shape index (κ2) is 5.05. The molecule has 1 aromatic heterocycles. The van der Waals surface area contributed by atoms with Gasteiger partial charge in [-0.3, -0.25) is 14.9 Å². The van der Waals surface area contributed by atoms with Gasteiger partial charge in [0, 0.05) is 12.3 Å². The first-order valence-electron chi connectivity index (χ1n) is 6.70. The number of carbonyl (C=O) groups excluding carboxylic acids is 1. The summed E-state index contributed by atoms with van der Waals surface area (Å²) >= 11 is 0. The Morgan fingerprint density at radius 3 is 2.90 bits per heavy atom. The first-order valence-corrected chi connectivity index (χ1v) is 6.70. The van der Waals surface area contributed by atoms with Crippen molar-refractivity contribution in [2.24, 2.45) is 0 Å². The molecule has 1 saturated heterocycles. The maximum atomic E-state index is 12.5. The summed E-state index contributed by atoms with van der Waals surface area (Å²) in [5, 5.41) is 14.7. The highest BCUT2D eigenvalue weighted by atomic mass is 16.6. The van der Waals surface area contributed by atoms with Crippen molar-refractivity contribution < 1.29 is 9.72 Å². The van der Waals surface area contributed by atoms with Gasteiger partial charge >= 0.3 is 0 Å². The molecule has 2 N–H and O–H groups in total. The molecule has 0 spiro atoms. The molecule has 0 radical (unpaired) electrons. The Bertz CT molecular complexity index is 671. The zero-order valence-electron chi connectivity index (χ0n) is 10.9. The van der Waals surface area contributed by atoms with E-state index < -0.39 is 4.92 Å². The van der Waals surface area contributed by atoms with E-state index in [4.69, 9.17) is 0 Å². The highest BCUT2D eigenvalue weighted by molar-refractivity contribution is 6.13. The normalized spacial score (nSPS) is 19.1. The first kappa shape index (κ1) is 12.8. The van der Waals surface area contributed by atoms with Crippen molar-refractivity contribution >= 4 is 22.4 Å². The summed E-state index contributed by atoms with van der Waals surface area (Å²) in [5.74, 6) is -0.0646. The number of aromatic nitrogens is 1. The van der Waals surface area contributed by atoms with Gasteiger partial charge in [0.05, 0.1) is 27.4 Å². The Balaban J connectivity index is 2.07. The summed E-state index contributed by atoms with van der Waals surface area (Å²) in [6, 6.07) is 4.56. The largest absolute Gasteiger partial charge is 0.360 e. The van der Waals surface area contributed by atoms with E-state index in [1.54, 1.807) is 18.3 Å². The molecule has 3 rings (SSSR count). The molecule has 0 aliphatic carbocycles. The molecule has 0 bridgehead atoms. The zero-order chi connectivity index (χ0) is 14.1. The standard InChI is InChI=1S/C14H15N3O3/c18-14(11-4-1-2-7-15-11)9-8-16-10-5-3-6-12(13(9)10)17(19)20/h3,5-6,8,11,15-16H,1-2,4,7H2. The van der Waals surface area contributed by atoms with Crippen molar-refractivity contribution in [3.05, 3.63) is 40.1 Å². The van der Waals surface area contributed by atoms with Gasteiger partial charge in [0.15, 0.2) is 5.78 Å². The number of ketones is 1. The second-order valence-electron chi connectivity index (χ2n) is 5.03. The smallest absolute Gasteiger partial charge is 0.279 e. The molecule has 0 amide bonds. The number of rotatable bonds is 3. The van der Waals surface area contributed by atoms with Gasteiger partial charge < -0.3 is 10.3 Å². The summed E-state index contributed by atoms with van der Waals surface area (Å²) in [4.78, 5) is 26.2. The number of hydrogen-bond donors (Lipinski definition) is 2. The van der Waals surface area contributed by atoms with Gasteiger partial charge in [-0.25, -0.2) is 0 Å². The average Bonchev–Trinajstić information content (AvgIpc) is 2.91. The topological polar surface area (TPSA) is 88.0 Å². The summed E-state index contributed by atoms with van der Waals surface area (Å²) in [6.07, 6.45) is 4.44. The lowest BCUT2D eigenvalue weighted by Gasteiger charge is -2.21. The maximum absolute atomic E-state index is 12.5. The lowest BCUT2D eigenvalue weighted by molar-refractivity contribution is -0.383. The van der Waals surface area contributed by atoms with Crippen LogP contribution in [-0.4, -0.2) is 28.3 Å². The molecule has 1 aliphatic heterocycles. The van der Waals surface area contributed by atoms with Crippen molar-refractivity contribution in [1.82, 2.24) is 10.3 Å². The Labute approximate surface area is 115 Å². The Morgan fingerprint density at radius 2 is 2.20 bits per heavy atom. The van der Waals surface area contributed by atoms with Crippen LogP contribution in [-0.2, 0) is 0 Å². The van der Waals surface area contributed by atoms with Crippen LogP contribution in [0.4, 0.5) is 5.69 Å². The number of fused-ring (bicyclic) bond motifs is 1. The molecule has 20 heavy (non-hydrogen) atoms. The van der Waals surface area contributed by atoms with Crippen LogP contribution in [0.5, 0.6) is 0 Å². The van der Waals surface area contributed by atoms with Crippen LogP contribution in [0, 0.1) is 10.1 Å². The number of aromatic amines is 1. The van der Waals surface area contributed by atoms with E-state index in [9.17, 15) is 14.9 Å². The van der Waals surface area contributed by atoms with Gasteiger partial charge in [-0.1, -0.05) is 12.5 Å². The summed E-state index contributed by atoms with van der Waals surface area (Å²) in [6.45, 7) is 0.820. The van der Waals surface area contributed by atoms with E-state index >= 15 is 0 Å². The fourth-order valence-corrected chi connectivity index (χ4v) is 2.78. The van der Waals surface area contributed by atoms with Gasteiger partial charge in [0.1, 0.15) is 0 Å². The number of nitro benzene ring substituents is 1. The fraction of sp³-hybridized carbons (Fsp3) is 0.357. The highest BCUT2D eigenvalue weighted by Crippen LogP contribution is 2.29. The average molecular weight is 273 g/mol. The minimum Gasteiger partial charge on any atom is -0.360 e. The van der Waals surface area contributed by atoms with Crippen LogP contribution in [0.1, 0.15) is 29.6 Å². The van der Waals surface area contributed by atoms with Gasteiger partial charge in [-0.15, -0.1) is 0 Å². The van der Waals surface area contributed by atoms with Crippen LogP contribution >= 0.6 is 0 Å². The minimum absolute atomic E-state index is 0.0251. The van der Waals surface area contributed by atoms with Gasteiger partial charge in [-0.05, 0) is 25.5 Å². The van der Waals surface area contributed by atoms with E-state index in [2.05, 4.69) is 10.3 Å². The fourth-order valence-electron chi connectivity index (χ4n) is 2.78. The van der Waals surface area contributed by atoms with Gasteiger partial charge in [0.25, 0.3) is 5.69 Å². The lowest BCUT2D eigenvalue weighted by Crippen LogP contribution is -2.40. The molecule has 1 fully saturated rings. The zero-order valence-corrected chi connectivity index (χ0v) is 10.9. The molecule has 0 saturated carbocycles. The molecule has 104 valence electrons. The number of carbonyl (C=O) groups is 1. The molecular formula is C14H15N3O3.